The Labute approximate surface area is 159 Å². The molecular formula is C19H17N3O6. The third-order valence-electron chi connectivity index (χ3n) is 3.82. The number of nitro benzene ring substituents is 1. The largest absolute Gasteiger partial charge is 0.496 e. The Morgan fingerprint density at radius 2 is 2.11 bits per heavy atom. The van der Waals surface area contributed by atoms with E-state index in [0.29, 0.717) is 29.3 Å². The Bertz CT molecular complexity index is 1060. The molecule has 144 valence electrons. The van der Waals surface area contributed by atoms with Crippen LogP contribution in [0.25, 0.3) is 11.0 Å². The smallest absolute Gasteiger partial charge is 0.307 e. The lowest BCUT2D eigenvalue weighted by Crippen LogP contribution is -2.16. The number of hydrogen-bond acceptors (Lipinski definition) is 7. The minimum atomic E-state index is -0.560. The molecule has 0 bridgehead atoms. The summed E-state index contributed by atoms with van der Waals surface area (Å²) in [5, 5.41) is 15.5. The molecule has 0 aliphatic carbocycles. The maximum Gasteiger partial charge on any atom is 0.307 e. The number of ether oxygens (including phenoxy) is 2. The van der Waals surface area contributed by atoms with Gasteiger partial charge in [0.25, 0.3) is 5.69 Å². The van der Waals surface area contributed by atoms with Crippen LogP contribution < -0.4 is 14.9 Å². The Morgan fingerprint density at radius 1 is 1.29 bits per heavy atom. The molecule has 2 aromatic carbocycles. The van der Waals surface area contributed by atoms with Gasteiger partial charge in [-0.15, -0.1) is 0 Å². The van der Waals surface area contributed by atoms with Crippen LogP contribution >= 0.6 is 0 Å². The van der Waals surface area contributed by atoms with E-state index in [9.17, 15) is 14.9 Å². The number of furan rings is 1. The second kappa shape index (κ2) is 8.21. The summed E-state index contributed by atoms with van der Waals surface area (Å²) in [4.78, 5) is 22.6. The third-order valence-corrected chi connectivity index (χ3v) is 3.82. The first-order chi connectivity index (χ1) is 13.5. The lowest BCUT2D eigenvalue weighted by Gasteiger charge is -2.03. The van der Waals surface area contributed by atoms with Crippen molar-refractivity contribution in [3.05, 3.63) is 63.9 Å². The summed E-state index contributed by atoms with van der Waals surface area (Å²) in [6.07, 6.45) is 1.26. The zero-order valence-corrected chi connectivity index (χ0v) is 15.2. The van der Waals surface area contributed by atoms with Gasteiger partial charge in [-0.3, -0.25) is 14.9 Å². The number of benzene rings is 2. The van der Waals surface area contributed by atoms with E-state index in [1.807, 2.05) is 6.92 Å². The predicted octanol–water partition coefficient (Wildman–Crippen LogP) is 3.51. The standard InChI is InChI=1S/C19H17N3O6/c1-3-27-15-5-7-17-12(9-15)10-18(28-17)19(23)21-20-11-13-8-14(22(24)25)4-6-16(13)26-2/h4-11H,3H2,1-2H3,(H,21,23)/b20-11+. The van der Waals surface area contributed by atoms with Gasteiger partial charge in [0.2, 0.25) is 0 Å². The average molecular weight is 383 g/mol. The zero-order chi connectivity index (χ0) is 20.1. The van der Waals surface area contributed by atoms with Gasteiger partial charge in [0, 0.05) is 23.1 Å². The number of carbonyl (C=O) groups excluding carboxylic acids is 1. The molecule has 0 unspecified atom stereocenters. The summed E-state index contributed by atoms with van der Waals surface area (Å²) in [7, 11) is 1.43. The maximum absolute atomic E-state index is 12.3. The summed E-state index contributed by atoms with van der Waals surface area (Å²) in [6, 6.07) is 10.9. The van der Waals surface area contributed by atoms with Crippen molar-refractivity contribution in [3.8, 4) is 11.5 Å². The van der Waals surface area contributed by atoms with Crippen molar-refractivity contribution in [1.29, 1.82) is 0 Å². The van der Waals surface area contributed by atoms with Crippen LogP contribution in [0.1, 0.15) is 23.0 Å². The summed E-state index contributed by atoms with van der Waals surface area (Å²) >= 11 is 0. The predicted molar refractivity (Wildman–Crippen MR) is 102 cm³/mol. The van der Waals surface area contributed by atoms with Crippen LogP contribution in [0.5, 0.6) is 11.5 Å². The van der Waals surface area contributed by atoms with E-state index in [0.717, 1.165) is 5.39 Å². The molecule has 0 atom stereocenters. The fourth-order valence-electron chi connectivity index (χ4n) is 2.54. The van der Waals surface area contributed by atoms with Crippen molar-refractivity contribution >= 4 is 28.8 Å². The maximum atomic E-state index is 12.3. The lowest BCUT2D eigenvalue weighted by molar-refractivity contribution is -0.384. The number of nitrogens with zero attached hydrogens (tertiary/aromatic N) is 2. The Balaban J connectivity index is 1.75. The van der Waals surface area contributed by atoms with E-state index in [1.165, 1.54) is 31.5 Å². The molecule has 3 rings (SSSR count). The minimum Gasteiger partial charge on any atom is -0.496 e. The highest BCUT2D eigenvalue weighted by Gasteiger charge is 2.13. The molecule has 0 saturated carbocycles. The summed E-state index contributed by atoms with van der Waals surface area (Å²) in [6.45, 7) is 2.42. The van der Waals surface area contributed by atoms with Crippen molar-refractivity contribution in [2.24, 2.45) is 5.10 Å². The molecular weight excluding hydrogens is 366 g/mol. The van der Waals surface area contributed by atoms with Crippen molar-refractivity contribution in [2.45, 2.75) is 6.92 Å². The first-order valence-corrected chi connectivity index (χ1v) is 8.34. The normalized spacial score (nSPS) is 10.9. The number of fused-ring (bicyclic) bond motifs is 1. The molecule has 3 aromatic rings. The highest BCUT2D eigenvalue weighted by Crippen LogP contribution is 2.25. The molecule has 0 spiro atoms. The van der Waals surface area contributed by atoms with Crippen LogP contribution in [0, 0.1) is 10.1 Å². The Kier molecular flexibility index (Phi) is 5.54. The topological polar surface area (TPSA) is 116 Å². The summed E-state index contributed by atoms with van der Waals surface area (Å²) in [5.41, 5.74) is 3.10. The second-order valence-electron chi connectivity index (χ2n) is 5.63. The number of nitrogens with one attached hydrogen (secondary N) is 1. The van der Waals surface area contributed by atoms with Gasteiger partial charge in [0.05, 0.1) is 24.9 Å². The molecule has 9 heteroatoms. The molecule has 1 amide bonds. The van der Waals surface area contributed by atoms with Gasteiger partial charge >= 0.3 is 5.91 Å². The third kappa shape index (κ3) is 4.09. The van der Waals surface area contributed by atoms with Crippen LogP contribution in [-0.4, -0.2) is 30.8 Å². The Hall–Kier alpha value is -3.88. The molecule has 0 saturated heterocycles. The van der Waals surface area contributed by atoms with Gasteiger partial charge in [-0.05, 0) is 37.3 Å². The quantitative estimate of drug-likeness (QED) is 0.379. The molecule has 0 aliphatic heterocycles. The molecule has 1 aromatic heterocycles. The van der Waals surface area contributed by atoms with Gasteiger partial charge < -0.3 is 13.9 Å². The van der Waals surface area contributed by atoms with Gasteiger partial charge in [-0.25, -0.2) is 5.43 Å². The fraction of sp³-hybridized carbons (Fsp3) is 0.158. The summed E-state index contributed by atoms with van der Waals surface area (Å²) < 4.78 is 16.1. The molecule has 0 fully saturated rings. The number of methoxy groups -OCH3 is 1. The molecule has 0 radical (unpaired) electrons. The minimum absolute atomic E-state index is 0.0757. The number of amides is 1. The van der Waals surface area contributed by atoms with Crippen molar-refractivity contribution in [3.63, 3.8) is 0 Å². The van der Waals surface area contributed by atoms with Gasteiger partial charge in [0.1, 0.15) is 17.1 Å². The van der Waals surface area contributed by atoms with E-state index >= 15 is 0 Å². The number of carbonyl (C=O) groups is 1. The second-order valence-corrected chi connectivity index (χ2v) is 5.63. The van der Waals surface area contributed by atoms with E-state index < -0.39 is 10.8 Å². The van der Waals surface area contributed by atoms with Crippen LogP contribution in [0.3, 0.4) is 0 Å². The van der Waals surface area contributed by atoms with E-state index in [-0.39, 0.29) is 11.4 Å². The number of rotatable bonds is 7. The van der Waals surface area contributed by atoms with Crippen LogP contribution in [-0.2, 0) is 0 Å². The van der Waals surface area contributed by atoms with E-state index in [4.69, 9.17) is 13.9 Å². The molecule has 9 nitrogen and oxygen atoms in total. The SMILES string of the molecule is CCOc1ccc2oc(C(=O)N/N=C/c3cc([N+](=O)[O-])ccc3OC)cc2c1. The van der Waals surface area contributed by atoms with Crippen molar-refractivity contribution in [2.75, 3.05) is 13.7 Å². The number of hydrogen-bond donors (Lipinski definition) is 1. The number of non-ortho nitro benzene ring substituents is 1. The molecule has 28 heavy (non-hydrogen) atoms. The molecule has 1 heterocycles. The van der Waals surface area contributed by atoms with Crippen LogP contribution in [0.15, 0.2) is 52.0 Å². The highest BCUT2D eigenvalue weighted by atomic mass is 16.6. The van der Waals surface area contributed by atoms with Gasteiger partial charge in [-0.2, -0.15) is 5.10 Å². The van der Waals surface area contributed by atoms with Crippen LogP contribution in [0.2, 0.25) is 0 Å². The van der Waals surface area contributed by atoms with Gasteiger partial charge in [-0.1, -0.05) is 0 Å². The van der Waals surface area contributed by atoms with E-state index in [2.05, 4.69) is 10.5 Å². The van der Waals surface area contributed by atoms with E-state index in [1.54, 1.807) is 24.3 Å². The van der Waals surface area contributed by atoms with Crippen LogP contribution in [0.4, 0.5) is 5.69 Å². The Morgan fingerprint density at radius 3 is 2.82 bits per heavy atom. The first-order valence-electron chi connectivity index (χ1n) is 8.34. The van der Waals surface area contributed by atoms with Gasteiger partial charge in [0.15, 0.2) is 5.76 Å². The highest BCUT2D eigenvalue weighted by molar-refractivity contribution is 5.97. The first kappa shape index (κ1) is 18.9. The summed E-state index contributed by atoms with van der Waals surface area (Å²) in [5.74, 6) is 0.580. The fourth-order valence-corrected chi connectivity index (χ4v) is 2.54. The number of nitro groups is 1. The zero-order valence-electron chi connectivity index (χ0n) is 15.2. The monoisotopic (exact) mass is 383 g/mol. The molecule has 0 aliphatic rings. The number of hydrazone groups is 1. The van der Waals surface area contributed by atoms with Crippen molar-refractivity contribution in [1.82, 2.24) is 5.43 Å². The lowest BCUT2D eigenvalue weighted by atomic mass is 10.2. The van der Waals surface area contributed by atoms with Crippen molar-refractivity contribution < 1.29 is 23.6 Å². The average Bonchev–Trinajstić information content (AvgIpc) is 3.11. The molecule has 1 N–H and O–H groups in total.